The Morgan fingerprint density at radius 1 is 1.57 bits per heavy atom. The minimum Gasteiger partial charge on any atom is -0.299 e. The van der Waals surface area contributed by atoms with Crippen molar-refractivity contribution in [3.05, 3.63) is 11.6 Å². The van der Waals surface area contributed by atoms with Crippen molar-refractivity contribution in [2.75, 3.05) is 0 Å². The minimum absolute atomic E-state index is 0.409. The average molecular weight is 192 g/mol. The van der Waals surface area contributed by atoms with Gasteiger partial charge in [0.1, 0.15) is 5.78 Å². The molecule has 0 amide bonds. The molecule has 0 spiro atoms. The summed E-state index contributed by atoms with van der Waals surface area (Å²) >= 11 is 0. The summed E-state index contributed by atoms with van der Waals surface area (Å²) in [5.74, 6) is 1.68. The van der Waals surface area contributed by atoms with Gasteiger partial charge in [-0.25, -0.2) is 0 Å². The zero-order valence-electron chi connectivity index (χ0n) is 9.47. The van der Waals surface area contributed by atoms with E-state index in [-0.39, 0.29) is 0 Å². The molecule has 1 nitrogen and oxygen atoms in total. The number of Topliss-reactive ketones (excluding diaryl/α,β-unsaturated/α-hetero) is 1. The fraction of sp³-hybridized carbons (Fsp3) is 0.769. The van der Waals surface area contributed by atoms with Gasteiger partial charge in [0, 0.05) is 12.3 Å². The van der Waals surface area contributed by atoms with Crippen LogP contribution in [0.3, 0.4) is 0 Å². The maximum atomic E-state index is 11.5. The van der Waals surface area contributed by atoms with Gasteiger partial charge in [0.25, 0.3) is 0 Å². The lowest BCUT2D eigenvalue weighted by atomic mass is 9.99. The van der Waals surface area contributed by atoms with Crippen molar-refractivity contribution in [3.63, 3.8) is 0 Å². The molecule has 0 aromatic heterocycles. The summed E-state index contributed by atoms with van der Waals surface area (Å²) in [6.07, 6.45) is 6.67. The minimum atomic E-state index is 0.409. The van der Waals surface area contributed by atoms with E-state index in [1.807, 2.05) is 0 Å². The quantitative estimate of drug-likeness (QED) is 0.627. The van der Waals surface area contributed by atoms with Crippen molar-refractivity contribution >= 4 is 5.78 Å². The fourth-order valence-electron chi connectivity index (χ4n) is 3.19. The topological polar surface area (TPSA) is 17.1 Å². The van der Waals surface area contributed by atoms with E-state index in [0.717, 1.165) is 19.3 Å². The molecule has 0 saturated heterocycles. The number of fused-ring (bicyclic) bond motifs is 1. The van der Waals surface area contributed by atoms with Crippen molar-refractivity contribution in [3.8, 4) is 0 Å². The molecule has 2 fully saturated rings. The Bertz CT molecular complexity index is 286. The summed E-state index contributed by atoms with van der Waals surface area (Å²) in [6.45, 7) is 6.58. The molecule has 2 rings (SSSR count). The average Bonchev–Trinajstić information content (AvgIpc) is 2.55. The zero-order chi connectivity index (χ0) is 10.3. The van der Waals surface area contributed by atoms with Crippen LogP contribution in [0, 0.1) is 17.3 Å². The highest BCUT2D eigenvalue weighted by Crippen LogP contribution is 2.68. The molecule has 2 saturated carbocycles. The van der Waals surface area contributed by atoms with Gasteiger partial charge < -0.3 is 0 Å². The van der Waals surface area contributed by atoms with Crippen LogP contribution in [0.25, 0.3) is 0 Å². The van der Waals surface area contributed by atoms with E-state index >= 15 is 0 Å². The second-order valence-corrected chi connectivity index (χ2v) is 5.42. The summed E-state index contributed by atoms with van der Waals surface area (Å²) in [6, 6.07) is 0. The molecule has 0 heterocycles. The van der Waals surface area contributed by atoms with Crippen LogP contribution in [0.1, 0.15) is 46.5 Å². The summed E-state index contributed by atoms with van der Waals surface area (Å²) in [4.78, 5) is 11.5. The van der Waals surface area contributed by atoms with Crippen LogP contribution >= 0.6 is 0 Å². The van der Waals surface area contributed by atoms with E-state index < -0.39 is 0 Å². The maximum Gasteiger partial charge on any atom is 0.136 e. The molecular formula is C13H20O. The molecule has 0 unspecified atom stereocenters. The fourth-order valence-corrected chi connectivity index (χ4v) is 3.19. The Hall–Kier alpha value is -0.590. The smallest absolute Gasteiger partial charge is 0.136 e. The highest BCUT2D eigenvalue weighted by molar-refractivity contribution is 5.88. The van der Waals surface area contributed by atoms with Gasteiger partial charge in [0.15, 0.2) is 0 Å². The number of carbonyl (C=O) groups excluding carboxylic acids is 1. The second kappa shape index (κ2) is 3.22. The molecule has 0 N–H and O–H groups in total. The molecule has 0 aromatic rings. The first-order valence-electron chi connectivity index (χ1n) is 5.72. The van der Waals surface area contributed by atoms with Gasteiger partial charge in [0.2, 0.25) is 0 Å². The molecule has 2 aliphatic carbocycles. The number of rotatable bonds is 3. The van der Waals surface area contributed by atoms with Crippen LogP contribution in [0.2, 0.25) is 0 Å². The lowest BCUT2D eigenvalue weighted by Gasteiger charge is -2.06. The van der Waals surface area contributed by atoms with Gasteiger partial charge in [-0.15, -0.1) is 0 Å². The molecule has 1 heteroatoms. The Balaban J connectivity index is 1.86. The van der Waals surface area contributed by atoms with E-state index in [2.05, 4.69) is 26.8 Å². The Labute approximate surface area is 86.6 Å². The van der Waals surface area contributed by atoms with Gasteiger partial charge in [-0.05, 0) is 44.4 Å². The Morgan fingerprint density at radius 2 is 2.29 bits per heavy atom. The number of carbonyl (C=O) groups is 1. The summed E-state index contributed by atoms with van der Waals surface area (Å²) in [7, 11) is 0. The van der Waals surface area contributed by atoms with Crippen LogP contribution in [-0.4, -0.2) is 5.78 Å². The van der Waals surface area contributed by atoms with Crippen LogP contribution in [-0.2, 0) is 4.79 Å². The van der Waals surface area contributed by atoms with Crippen LogP contribution in [0.4, 0.5) is 0 Å². The predicted octanol–water partition coefficient (Wildman–Crippen LogP) is 3.35. The summed E-state index contributed by atoms with van der Waals surface area (Å²) in [5, 5.41) is 0. The van der Waals surface area contributed by atoms with Crippen molar-refractivity contribution < 1.29 is 4.79 Å². The summed E-state index contributed by atoms with van der Waals surface area (Å²) < 4.78 is 0. The zero-order valence-corrected chi connectivity index (χ0v) is 9.47. The van der Waals surface area contributed by atoms with E-state index in [0.29, 0.717) is 23.0 Å². The first-order chi connectivity index (χ1) is 6.55. The third kappa shape index (κ3) is 1.43. The lowest BCUT2D eigenvalue weighted by molar-refractivity contribution is -0.119. The SMILES string of the molecule is CC(C)=CCC[C@H]1[C@@H]2C(=O)CC[C@]12C. The predicted molar refractivity (Wildman–Crippen MR) is 58.0 cm³/mol. The number of hydrogen-bond acceptors (Lipinski definition) is 1. The third-order valence-electron chi connectivity index (χ3n) is 4.14. The van der Waals surface area contributed by atoms with Crippen LogP contribution < -0.4 is 0 Å². The molecule has 0 radical (unpaired) electrons. The van der Waals surface area contributed by atoms with Gasteiger partial charge >= 0.3 is 0 Å². The lowest BCUT2D eigenvalue weighted by Crippen LogP contribution is -2.00. The normalized spacial score (nSPS) is 39.5. The van der Waals surface area contributed by atoms with E-state index in [1.54, 1.807) is 0 Å². The molecule has 14 heavy (non-hydrogen) atoms. The van der Waals surface area contributed by atoms with Gasteiger partial charge in [0.05, 0.1) is 0 Å². The Kier molecular flexibility index (Phi) is 2.29. The molecular weight excluding hydrogens is 172 g/mol. The number of allylic oxidation sites excluding steroid dienone is 2. The second-order valence-electron chi connectivity index (χ2n) is 5.42. The van der Waals surface area contributed by atoms with Crippen LogP contribution in [0.15, 0.2) is 11.6 Å². The first-order valence-corrected chi connectivity index (χ1v) is 5.72. The van der Waals surface area contributed by atoms with Crippen LogP contribution in [0.5, 0.6) is 0 Å². The van der Waals surface area contributed by atoms with Gasteiger partial charge in [-0.2, -0.15) is 0 Å². The molecule has 0 bridgehead atoms. The summed E-state index contributed by atoms with van der Waals surface area (Å²) in [5.41, 5.74) is 1.80. The van der Waals surface area contributed by atoms with E-state index in [9.17, 15) is 4.79 Å². The number of hydrogen-bond donors (Lipinski definition) is 0. The molecule has 0 aliphatic heterocycles. The van der Waals surface area contributed by atoms with E-state index in [4.69, 9.17) is 0 Å². The molecule has 0 aromatic carbocycles. The highest BCUT2D eigenvalue weighted by atomic mass is 16.1. The van der Waals surface area contributed by atoms with Crippen molar-refractivity contribution in [1.82, 2.24) is 0 Å². The van der Waals surface area contributed by atoms with E-state index in [1.165, 1.54) is 12.0 Å². The van der Waals surface area contributed by atoms with Gasteiger partial charge in [-0.1, -0.05) is 18.6 Å². The van der Waals surface area contributed by atoms with Crippen molar-refractivity contribution in [2.45, 2.75) is 46.5 Å². The van der Waals surface area contributed by atoms with Crippen molar-refractivity contribution in [1.29, 1.82) is 0 Å². The molecule has 3 atom stereocenters. The largest absolute Gasteiger partial charge is 0.299 e. The standard InChI is InChI=1S/C13H20O/c1-9(2)5-4-6-10-12-11(14)7-8-13(10,12)3/h5,10,12H,4,6-8H2,1-3H3/t10-,12+,13+/m0/s1. The highest BCUT2D eigenvalue weighted by Gasteiger charge is 2.66. The molecule has 78 valence electrons. The molecule has 2 aliphatic rings. The maximum absolute atomic E-state index is 11.5. The number of ketones is 1. The van der Waals surface area contributed by atoms with Gasteiger partial charge in [-0.3, -0.25) is 4.79 Å². The first kappa shape index (κ1) is 9.95. The Morgan fingerprint density at radius 3 is 2.79 bits per heavy atom. The van der Waals surface area contributed by atoms with Crippen molar-refractivity contribution in [2.24, 2.45) is 17.3 Å². The monoisotopic (exact) mass is 192 g/mol. The third-order valence-corrected chi connectivity index (χ3v) is 4.14.